The number of benzene rings is 1. The summed E-state index contributed by atoms with van der Waals surface area (Å²) in [6.45, 7) is 0.717. The Balaban J connectivity index is 2.21. The van der Waals surface area contributed by atoms with Crippen molar-refractivity contribution in [3.8, 4) is 22.9 Å². The minimum absolute atomic E-state index is 0.717. The van der Waals surface area contributed by atoms with E-state index in [-0.39, 0.29) is 0 Å². The summed E-state index contributed by atoms with van der Waals surface area (Å²) in [6, 6.07) is 11.9. The normalized spacial score (nSPS) is 10.9. The summed E-state index contributed by atoms with van der Waals surface area (Å²) in [5.41, 5.74) is 3.06. The van der Waals surface area contributed by atoms with Crippen LogP contribution in [0.4, 0.5) is 0 Å². The molecule has 2 heterocycles. The Labute approximate surface area is 129 Å². The van der Waals surface area contributed by atoms with Gasteiger partial charge in [-0.05, 0) is 31.3 Å². The van der Waals surface area contributed by atoms with E-state index in [0.717, 1.165) is 34.1 Å². The van der Waals surface area contributed by atoms with E-state index in [4.69, 9.17) is 14.5 Å². The molecule has 5 nitrogen and oxygen atoms in total. The van der Waals surface area contributed by atoms with E-state index in [9.17, 15) is 0 Å². The highest BCUT2D eigenvalue weighted by Crippen LogP contribution is 2.30. The van der Waals surface area contributed by atoms with E-state index in [2.05, 4.69) is 15.8 Å². The molecule has 0 aliphatic carbocycles. The molecule has 0 atom stereocenters. The number of ether oxygens (including phenoxy) is 2. The van der Waals surface area contributed by atoms with Crippen LogP contribution < -0.4 is 14.8 Å². The van der Waals surface area contributed by atoms with Gasteiger partial charge in [-0.15, -0.1) is 0 Å². The lowest BCUT2D eigenvalue weighted by Crippen LogP contribution is -2.05. The molecule has 0 saturated heterocycles. The quantitative estimate of drug-likeness (QED) is 0.786. The zero-order valence-electron chi connectivity index (χ0n) is 13.0. The van der Waals surface area contributed by atoms with Crippen LogP contribution in [0.3, 0.4) is 0 Å². The third-order valence-electron chi connectivity index (χ3n) is 3.58. The fourth-order valence-electron chi connectivity index (χ4n) is 2.54. The number of nitrogens with zero attached hydrogens (tertiary/aromatic N) is 2. The fraction of sp³-hybridized carbons (Fsp3) is 0.235. The maximum atomic E-state index is 5.36. The van der Waals surface area contributed by atoms with Crippen LogP contribution in [0.5, 0.6) is 11.5 Å². The van der Waals surface area contributed by atoms with Crippen molar-refractivity contribution in [3.05, 3.63) is 48.3 Å². The minimum Gasteiger partial charge on any atom is -0.497 e. The predicted octanol–water partition coefficient (Wildman–Crippen LogP) is 2.74. The molecule has 0 radical (unpaired) electrons. The Hall–Kier alpha value is -2.53. The average molecular weight is 297 g/mol. The molecular weight excluding hydrogens is 278 g/mol. The third kappa shape index (κ3) is 2.51. The molecule has 114 valence electrons. The molecule has 22 heavy (non-hydrogen) atoms. The molecule has 0 unspecified atom stereocenters. The molecule has 5 heteroatoms. The van der Waals surface area contributed by atoms with Crippen LogP contribution in [-0.4, -0.2) is 30.7 Å². The van der Waals surface area contributed by atoms with E-state index >= 15 is 0 Å². The van der Waals surface area contributed by atoms with Crippen molar-refractivity contribution in [2.45, 2.75) is 6.54 Å². The van der Waals surface area contributed by atoms with Gasteiger partial charge >= 0.3 is 0 Å². The summed E-state index contributed by atoms with van der Waals surface area (Å²) >= 11 is 0. The molecule has 3 rings (SSSR count). The molecule has 1 aromatic carbocycles. The van der Waals surface area contributed by atoms with Gasteiger partial charge < -0.3 is 14.8 Å². The largest absolute Gasteiger partial charge is 0.497 e. The van der Waals surface area contributed by atoms with Crippen LogP contribution in [0.25, 0.3) is 16.9 Å². The van der Waals surface area contributed by atoms with Crippen molar-refractivity contribution in [2.24, 2.45) is 0 Å². The summed E-state index contributed by atoms with van der Waals surface area (Å²) in [7, 11) is 5.21. The summed E-state index contributed by atoms with van der Waals surface area (Å²) in [5.74, 6) is 2.37. The summed E-state index contributed by atoms with van der Waals surface area (Å²) in [6.07, 6.45) is 2.02. The lowest BCUT2D eigenvalue weighted by atomic mass is 10.2. The zero-order valence-corrected chi connectivity index (χ0v) is 13.0. The Morgan fingerprint density at radius 1 is 1.09 bits per heavy atom. The van der Waals surface area contributed by atoms with Crippen molar-refractivity contribution in [1.29, 1.82) is 0 Å². The lowest BCUT2D eigenvalue weighted by Gasteiger charge is -2.08. The highest BCUT2D eigenvalue weighted by atomic mass is 16.5. The second-order valence-corrected chi connectivity index (χ2v) is 4.97. The maximum absolute atomic E-state index is 5.36. The number of pyridine rings is 1. The highest BCUT2D eigenvalue weighted by molar-refractivity contribution is 5.68. The van der Waals surface area contributed by atoms with Crippen molar-refractivity contribution < 1.29 is 9.47 Å². The number of fused-ring (bicyclic) bond motifs is 1. The van der Waals surface area contributed by atoms with E-state index in [1.165, 1.54) is 0 Å². The first-order valence-corrected chi connectivity index (χ1v) is 7.11. The lowest BCUT2D eigenvalue weighted by molar-refractivity contribution is 0.394. The number of rotatable bonds is 5. The molecule has 0 saturated carbocycles. The van der Waals surface area contributed by atoms with Crippen LogP contribution >= 0.6 is 0 Å². The first kappa shape index (κ1) is 14.4. The third-order valence-corrected chi connectivity index (χ3v) is 3.58. The highest BCUT2D eigenvalue weighted by Gasteiger charge is 2.13. The molecule has 0 aliphatic heterocycles. The van der Waals surface area contributed by atoms with E-state index < -0.39 is 0 Å². The summed E-state index contributed by atoms with van der Waals surface area (Å²) in [5, 5.41) is 3.16. The monoisotopic (exact) mass is 297 g/mol. The second-order valence-electron chi connectivity index (χ2n) is 4.97. The van der Waals surface area contributed by atoms with Crippen molar-refractivity contribution in [3.63, 3.8) is 0 Å². The molecule has 0 spiro atoms. The number of hydrogen-bond acceptors (Lipinski definition) is 4. The molecule has 2 aromatic heterocycles. The number of nitrogens with one attached hydrogen (secondary N) is 1. The topological polar surface area (TPSA) is 47.8 Å². The second kappa shape index (κ2) is 6.07. The van der Waals surface area contributed by atoms with Gasteiger partial charge in [-0.3, -0.25) is 4.40 Å². The molecule has 0 aliphatic rings. The van der Waals surface area contributed by atoms with Crippen LogP contribution in [0, 0.1) is 0 Å². The fourth-order valence-corrected chi connectivity index (χ4v) is 2.54. The van der Waals surface area contributed by atoms with Crippen molar-refractivity contribution >= 4 is 5.52 Å². The molecule has 0 bridgehead atoms. The molecule has 3 aromatic rings. The molecule has 0 amide bonds. The number of imidazole rings is 1. The standard InChI is InChI=1S/C17H19N3O2/c1-18-11-15-16-6-4-5-7-20(16)17(19-15)12-8-13(21-2)10-14(9-12)22-3/h4-10,18H,11H2,1-3H3. The van der Waals surface area contributed by atoms with Gasteiger partial charge in [0.15, 0.2) is 0 Å². The summed E-state index contributed by atoms with van der Waals surface area (Å²) in [4.78, 5) is 4.79. The van der Waals surface area contributed by atoms with Crippen LogP contribution in [0.2, 0.25) is 0 Å². The Morgan fingerprint density at radius 3 is 2.45 bits per heavy atom. The molecule has 0 fully saturated rings. The van der Waals surface area contributed by atoms with Gasteiger partial charge in [-0.1, -0.05) is 6.07 Å². The zero-order chi connectivity index (χ0) is 15.5. The van der Waals surface area contributed by atoms with Gasteiger partial charge in [0.2, 0.25) is 0 Å². The average Bonchev–Trinajstić information content (AvgIpc) is 2.94. The Kier molecular flexibility index (Phi) is 3.98. The van der Waals surface area contributed by atoms with E-state index in [1.54, 1.807) is 14.2 Å². The SMILES string of the molecule is CNCc1nc(-c2cc(OC)cc(OC)c2)n2ccccc12. The van der Waals surface area contributed by atoms with Crippen molar-refractivity contribution in [1.82, 2.24) is 14.7 Å². The van der Waals surface area contributed by atoms with Crippen LogP contribution in [0.1, 0.15) is 5.69 Å². The van der Waals surface area contributed by atoms with E-state index in [1.807, 2.05) is 43.6 Å². The summed E-state index contributed by atoms with van der Waals surface area (Å²) < 4.78 is 12.8. The van der Waals surface area contributed by atoms with Gasteiger partial charge in [0, 0.05) is 24.4 Å². The van der Waals surface area contributed by atoms with E-state index in [0.29, 0.717) is 6.54 Å². The smallest absolute Gasteiger partial charge is 0.145 e. The Morgan fingerprint density at radius 2 is 1.82 bits per heavy atom. The van der Waals surface area contributed by atoms with Gasteiger partial charge in [-0.2, -0.15) is 0 Å². The molecular formula is C17H19N3O2. The van der Waals surface area contributed by atoms with Crippen LogP contribution in [-0.2, 0) is 6.54 Å². The minimum atomic E-state index is 0.717. The molecule has 1 N–H and O–H groups in total. The van der Waals surface area contributed by atoms with Gasteiger partial charge in [0.05, 0.1) is 25.4 Å². The Bertz CT molecular complexity index is 773. The van der Waals surface area contributed by atoms with Gasteiger partial charge in [0.1, 0.15) is 17.3 Å². The first-order valence-electron chi connectivity index (χ1n) is 7.11. The number of hydrogen-bond donors (Lipinski definition) is 1. The van der Waals surface area contributed by atoms with Gasteiger partial charge in [-0.25, -0.2) is 4.98 Å². The van der Waals surface area contributed by atoms with Gasteiger partial charge in [0.25, 0.3) is 0 Å². The predicted molar refractivity (Wildman–Crippen MR) is 86.5 cm³/mol. The number of aromatic nitrogens is 2. The van der Waals surface area contributed by atoms with Crippen molar-refractivity contribution in [2.75, 3.05) is 21.3 Å². The maximum Gasteiger partial charge on any atom is 0.145 e. The number of methoxy groups -OCH3 is 2. The first-order chi connectivity index (χ1) is 10.8. The van der Waals surface area contributed by atoms with Crippen LogP contribution in [0.15, 0.2) is 42.6 Å².